The van der Waals surface area contributed by atoms with Crippen molar-refractivity contribution in [3.05, 3.63) is 35.1 Å². The van der Waals surface area contributed by atoms with Crippen molar-refractivity contribution in [3.8, 4) is 0 Å². The number of rotatable bonds is 6. The van der Waals surface area contributed by atoms with Gasteiger partial charge in [0.15, 0.2) is 0 Å². The summed E-state index contributed by atoms with van der Waals surface area (Å²) in [6.45, 7) is 6.44. The molecule has 0 saturated heterocycles. The predicted octanol–water partition coefficient (Wildman–Crippen LogP) is 3.58. The Kier molecular flexibility index (Phi) is 5.95. The number of nitrogens with zero attached hydrogens (tertiary/aromatic N) is 1. The average Bonchev–Trinajstić information content (AvgIpc) is 2.38. The number of hydrogen-bond donors (Lipinski definition) is 1. The minimum absolute atomic E-state index is 0.311. The van der Waals surface area contributed by atoms with Crippen molar-refractivity contribution < 1.29 is 17.6 Å². The van der Waals surface area contributed by atoms with Crippen LogP contribution in [0.3, 0.4) is 0 Å². The molecule has 0 radical (unpaired) electrons. The highest BCUT2D eigenvalue weighted by molar-refractivity contribution is 5.29. The minimum atomic E-state index is -4.70. The van der Waals surface area contributed by atoms with Crippen LogP contribution in [0.1, 0.15) is 37.4 Å². The van der Waals surface area contributed by atoms with Crippen LogP contribution in [-0.2, 0) is 6.18 Å². The Hall–Kier alpha value is -1.14. The Morgan fingerprint density at radius 3 is 2.30 bits per heavy atom. The molecule has 2 nitrogen and oxygen atoms in total. The SMILES string of the molecule is CCN(CC)CCC(N)c1ccc(F)c(C(F)(F)F)c1. The van der Waals surface area contributed by atoms with Crippen LogP contribution >= 0.6 is 0 Å². The summed E-state index contributed by atoms with van der Waals surface area (Å²) in [6.07, 6.45) is -4.16. The second-order valence-electron chi connectivity index (χ2n) is 4.66. The quantitative estimate of drug-likeness (QED) is 0.812. The maximum absolute atomic E-state index is 13.2. The maximum atomic E-state index is 13.2. The molecular weight excluding hydrogens is 272 g/mol. The third kappa shape index (κ3) is 4.45. The first-order valence-electron chi connectivity index (χ1n) is 6.64. The predicted molar refractivity (Wildman–Crippen MR) is 70.7 cm³/mol. The second kappa shape index (κ2) is 7.04. The van der Waals surface area contributed by atoms with Gasteiger partial charge in [-0.3, -0.25) is 0 Å². The molecule has 0 spiro atoms. The van der Waals surface area contributed by atoms with Crippen molar-refractivity contribution in [2.45, 2.75) is 32.5 Å². The maximum Gasteiger partial charge on any atom is 0.419 e. The first-order chi connectivity index (χ1) is 9.29. The van der Waals surface area contributed by atoms with Gasteiger partial charge in [-0.15, -0.1) is 0 Å². The smallest absolute Gasteiger partial charge is 0.324 e. The lowest BCUT2D eigenvalue weighted by Crippen LogP contribution is -2.27. The Bertz CT molecular complexity index is 428. The van der Waals surface area contributed by atoms with Crippen LogP contribution in [0.25, 0.3) is 0 Å². The summed E-state index contributed by atoms with van der Waals surface area (Å²) in [5.74, 6) is -1.27. The zero-order valence-corrected chi connectivity index (χ0v) is 11.7. The number of benzene rings is 1. The Labute approximate surface area is 116 Å². The van der Waals surface area contributed by atoms with Crippen molar-refractivity contribution in [1.82, 2.24) is 4.90 Å². The minimum Gasteiger partial charge on any atom is -0.324 e. The third-order valence-electron chi connectivity index (χ3n) is 3.37. The van der Waals surface area contributed by atoms with Gasteiger partial charge in [0.2, 0.25) is 0 Å². The van der Waals surface area contributed by atoms with E-state index >= 15 is 0 Å². The molecule has 1 unspecified atom stereocenters. The van der Waals surface area contributed by atoms with E-state index in [0.29, 0.717) is 18.5 Å². The highest BCUT2D eigenvalue weighted by Gasteiger charge is 2.34. The Morgan fingerprint density at radius 1 is 1.20 bits per heavy atom. The van der Waals surface area contributed by atoms with E-state index in [2.05, 4.69) is 4.90 Å². The van der Waals surface area contributed by atoms with E-state index in [1.165, 1.54) is 6.07 Å². The van der Waals surface area contributed by atoms with Crippen LogP contribution in [0, 0.1) is 5.82 Å². The van der Waals surface area contributed by atoms with Gasteiger partial charge in [0.05, 0.1) is 5.56 Å². The average molecular weight is 292 g/mol. The van der Waals surface area contributed by atoms with Crippen LogP contribution in [0.2, 0.25) is 0 Å². The van der Waals surface area contributed by atoms with E-state index in [4.69, 9.17) is 5.73 Å². The molecule has 2 N–H and O–H groups in total. The zero-order chi connectivity index (χ0) is 15.3. The van der Waals surface area contributed by atoms with Gasteiger partial charge in [0, 0.05) is 6.04 Å². The number of halogens is 4. The molecule has 0 amide bonds. The molecule has 1 rings (SSSR count). The molecule has 0 aromatic heterocycles. The lowest BCUT2D eigenvalue weighted by molar-refractivity contribution is -0.140. The number of alkyl halides is 3. The standard InChI is InChI=1S/C14H20F4N2/c1-3-20(4-2)8-7-13(19)10-5-6-12(15)11(9-10)14(16,17)18/h5-6,9,13H,3-4,7-8,19H2,1-2H3. The summed E-state index contributed by atoms with van der Waals surface area (Å²) in [6, 6.07) is 2.42. The fourth-order valence-electron chi connectivity index (χ4n) is 2.02. The van der Waals surface area contributed by atoms with Crippen molar-refractivity contribution >= 4 is 0 Å². The summed E-state index contributed by atoms with van der Waals surface area (Å²) in [5.41, 5.74) is 4.95. The summed E-state index contributed by atoms with van der Waals surface area (Å²) < 4.78 is 51.1. The molecule has 0 aliphatic rings. The molecule has 0 bridgehead atoms. The van der Waals surface area contributed by atoms with E-state index in [1.54, 1.807) is 0 Å². The van der Waals surface area contributed by atoms with E-state index in [-0.39, 0.29) is 0 Å². The largest absolute Gasteiger partial charge is 0.419 e. The van der Waals surface area contributed by atoms with Crippen LogP contribution in [0.15, 0.2) is 18.2 Å². The van der Waals surface area contributed by atoms with Gasteiger partial charge >= 0.3 is 6.18 Å². The van der Waals surface area contributed by atoms with Crippen LogP contribution < -0.4 is 5.73 Å². The molecule has 1 aromatic rings. The summed E-state index contributed by atoms with van der Waals surface area (Å²) in [4.78, 5) is 2.13. The van der Waals surface area contributed by atoms with E-state index < -0.39 is 23.6 Å². The Balaban J connectivity index is 2.81. The van der Waals surface area contributed by atoms with E-state index in [0.717, 1.165) is 25.2 Å². The third-order valence-corrected chi connectivity index (χ3v) is 3.37. The molecule has 114 valence electrons. The molecule has 20 heavy (non-hydrogen) atoms. The number of hydrogen-bond acceptors (Lipinski definition) is 2. The van der Waals surface area contributed by atoms with Gasteiger partial charge in [0.25, 0.3) is 0 Å². The fourth-order valence-corrected chi connectivity index (χ4v) is 2.02. The van der Waals surface area contributed by atoms with Gasteiger partial charge < -0.3 is 10.6 Å². The van der Waals surface area contributed by atoms with Crippen molar-refractivity contribution in [2.75, 3.05) is 19.6 Å². The number of nitrogens with two attached hydrogens (primary N) is 1. The first-order valence-corrected chi connectivity index (χ1v) is 6.64. The van der Waals surface area contributed by atoms with Gasteiger partial charge in [0.1, 0.15) is 5.82 Å². The molecule has 0 aliphatic heterocycles. The van der Waals surface area contributed by atoms with Gasteiger partial charge in [-0.1, -0.05) is 19.9 Å². The van der Waals surface area contributed by atoms with Crippen LogP contribution in [-0.4, -0.2) is 24.5 Å². The lowest BCUT2D eigenvalue weighted by atomic mass is 10.0. The molecule has 6 heteroatoms. The molecule has 0 heterocycles. The Morgan fingerprint density at radius 2 is 1.80 bits per heavy atom. The van der Waals surface area contributed by atoms with Gasteiger partial charge in [-0.25, -0.2) is 4.39 Å². The normalized spacial score (nSPS) is 13.8. The second-order valence-corrected chi connectivity index (χ2v) is 4.66. The molecule has 0 saturated carbocycles. The zero-order valence-electron chi connectivity index (χ0n) is 11.7. The van der Waals surface area contributed by atoms with Crippen LogP contribution in [0.5, 0.6) is 0 Å². The highest BCUT2D eigenvalue weighted by atomic mass is 19.4. The van der Waals surface area contributed by atoms with E-state index in [1.807, 2.05) is 13.8 Å². The lowest BCUT2D eigenvalue weighted by Gasteiger charge is -2.21. The monoisotopic (exact) mass is 292 g/mol. The van der Waals surface area contributed by atoms with Gasteiger partial charge in [-0.2, -0.15) is 13.2 Å². The van der Waals surface area contributed by atoms with Crippen molar-refractivity contribution in [3.63, 3.8) is 0 Å². The first kappa shape index (κ1) is 16.9. The summed E-state index contributed by atoms with van der Waals surface area (Å²) >= 11 is 0. The van der Waals surface area contributed by atoms with Gasteiger partial charge in [-0.05, 0) is 43.8 Å². The van der Waals surface area contributed by atoms with E-state index in [9.17, 15) is 17.6 Å². The van der Waals surface area contributed by atoms with Crippen molar-refractivity contribution in [1.29, 1.82) is 0 Å². The van der Waals surface area contributed by atoms with Crippen molar-refractivity contribution in [2.24, 2.45) is 5.73 Å². The molecule has 0 aliphatic carbocycles. The summed E-state index contributed by atoms with van der Waals surface area (Å²) in [7, 11) is 0. The molecule has 0 fully saturated rings. The fraction of sp³-hybridized carbons (Fsp3) is 0.571. The summed E-state index contributed by atoms with van der Waals surface area (Å²) in [5, 5.41) is 0. The molecule has 1 atom stereocenters. The molecular formula is C14H20F4N2. The topological polar surface area (TPSA) is 29.3 Å². The van der Waals surface area contributed by atoms with Crippen LogP contribution in [0.4, 0.5) is 17.6 Å². The molecule has 1 aromatic carbocycles. The highest BCUT2D eigenvalue weighted by Crippen LogP contribution is 2.33.